The lowest BCUT2D eigenvalue weighted by Gasteiger charge is -2.09. The summed E-state index contributed by atoms with van der Waals surface area (Å²) < 4.78 is 7.33. The van der Waals surface area contributed by atoms with E-state index in [2.05, 4.69) is 40.2 Å². The van der Waals surface area contributed by atoms with Gasteiger partial charge in [0.1, 0.15) is 16.6 Å². The predicted molar refractivity (Wildman–Crippen MR) is 157 cm³/mol. The Bertz CT molecular complexity index is 1800. The molecule has 2 heterocycles. The van der Waals surface area contributed by atoms with Gasteiger partial charge in [-0.05, 0) is 54.8 Å². The second-order valence-electron chi connectivity index (χ2n) is 9.20. The zero-order chi connectivity index (χ0) is 27.5. The minimum Gasteiger partial charge on any atom is -0.462 e. The number of para-hydroxylation sites is 1. The van der Waals surface area contributed by atoms with Crippen LogP contribution in [0.25, 0.3) is 27.8 Å². The number of nitrogens with zero attached hydrogens (tertiary/aromatic N) is 2. The molecule has 0 unspecified atom stereocenters. The van der Waals surface area contributed by atoms with E-state index in [4.69, 9.17) is 4.74 Å². The van der Waals surface area contributed by atoms with Gasteiger partial charge < -0.3 is 14.6 Å². The van der Waals surface area contributed by atoms with Crippen molar-refractivity contribution in [3.8, 4) is 6.07 Å². The maximum Gasteiger partial charge on any atom is 0.341 e. The number of hydrogen-bond acceptors (Lipinski definition) is 5. The molecule has 0 bridgehead atoms. The van der Waals surface area contributed by atoms with Crippen LogP contribution in [0.15, 0.2) is 78.5 Å². The molecule has 0 saturated carbocycles. The molecule has 0 atom stereocenters. The Morgan fingerprint density at radius 3 is 2.51 bits per heavy atom. The molecule has 0 radical (unpaired) electrons. The number of hydrogen-bond donors (Lipinski definition) is 1. The van der Waals surface area contributed by atoms with E-state index in [0.29, 0.717) is 17.1 Å². The molecular formula is C32H27N3O3S. The third-order valence-corrected chi connectivity index (χ3v) is 7.92. The molecule has 0 aliphatic carbocycles. The summed E-state index contributed by atoms with van der Waals surface area (Å²) >= 11 is 1.29. The summed E-state index contributed by atoms with van der Waals surface area (Å²) in [4.78, 5) is 26.7. The first kappa shape index (κ1) is 26.0. The first-order valence-electron chi connectivity index (χ1n) is 12.7. The van der Waals surface area contributed by atoms with Crippen LogP contribution in [0.4, 0.5) is 5.00 Å². The molecule has 7 heteroatoms. The fourth-order valence-corrected chi connectivity index (χ4v) is 5.82. The number of ether oxygens (including phenoxy) is 1. The lowest BCUT2D eigenvalue weighted by molar-refractivity contribution is -0.112. The van der Waals surface area contributed by atoms with Crippen molar-refractivity contribution in [1.29, 1.82) is 5.26 Å². The number of amides is 1. The Morgan fingerprint density at radius 1 is 1.03 bits per heavy atom. The van der Waals surface area contributed by atoms with Crippen LogP contribution in [0.3, 0.4) is 0 Å². The standard InChI is InChI=1S/C32H27N3O3S/c1-4-38-32(37)29-20(2)21(3)39-31(29)34-30(36)24(17-33)16-25-19-35(28-15-8-7-14-27(25)28)18-23-12-9-11-22-10-5-6-13-26(22)23/h5-16,19H,4,18H2,1-3H3,(H,34,36). The van der Waals surface area contributed by atoms with Crippen molar-refractivity contribution in [2.24, 2.45) is 0 Å². The number of aryl methyl sites for hydroxylation is 1. The van der Waals surface area contributed by atoms with Crippen molar-refractivity contribution < 1.29 is 14.3 Å². The molecule has 1 amide bonds. The molecule has 6 nitrogen and oxygen atoms in total. The lowest BCUT2D eigenvalue weighted by Crippen LogP contribution is -2.16. The molecule has 0 spiro atoms. The molecule has 5 aromatic rings. The Hall–Kier alpha value is -4.67. The Morgan fingerprint density at radius 2 is 1.74 bits per heavy atom. The summed E-state index contributed by atoms with van der Waals surface area (Å²) in [6.07, 6.45) is 3.58. The first-order chi connectivity index (χ1) is 18.9. The highest BCUT2D eigenvalue weighted by Crippen LogP contribution is 2.34. The van der Waals surface area contributed by atoms with E-state index in [1.54, 1.807) is 13.0 Å². The molecule has 1 N–H and O–H groups in total. The second kappa shape index (κ2) is 11.0. The highest BCUT2D eigenvalue weighted by molar-refractivity contribution is 7.16. The molecular weight excluding hydrogens is 506 g/mol. The average Bonchev–Trinajstić information content (AvgIpc) is 3.43. The number of anilines is 1. The number of aromatic nitrogens is 1. The van der Waals surface area contributed by atoms with E-state index >= 15 is 0 Å². The minimum atomic E-state index is -0.574. The minimum absolute atomic E-state index is 0.0541. The molecule has 0 aliphatic rings. The molecule has 194 valence electrons. The van der Waals surface area contributed by atoms with E-state index in [1.165, 1.54) is 27.7 Å². The van der Waals surface area contributed by atoms with Crippen molar-refractivity contribution in [1.82, 2.24) is 4.57 Å². The molecule has 2 aromatic heterocycles. The average molecular weight is 534 g/mol. The fourth-order valence-electron chi connectivity index (χ4n) is 4.77. The third-order valence-electron chi connectivity index (χ3n) is 6.80. The van der Waals surface area contributed by atoms with Gasteiger partial charge in [0, 0.05) is 34.1 Å². The van der Waals surface area contributed by atoms with Gasteiger partial charge in [-0.15, -0.1) is 11.3 Å². The quantitative estimate of drug-likeness (QED) is 0.136. The van der Waals surface area contributed by atoms with Crippen LogP contribution in [-0.4, -0.2) is 23.1 Å². The Kier molecular flexibility index (Phi) is 7.31. The molecule has 3 aromatic carbocycles. The molecule has 0 aliphatic heterocycles. The van der Waals surface area contributed by atoms with E-state index < -0.39 is 11.9 Å². The van der Waals surface area contributed by atoms with Gasteiger partial charge in [0.05, 0.1) is 12.2 Å². The van der Waals surface area contributed by atoms with Crippen LogP contribution >= 0.6 is 11.3 Å². The number of carbonyl (C=O) groups excluding carboxylic acids is 2. The monoisotopic (exact) mass is 533 g/mol. The van der Waals surface area contributed by atoms with Crippen LogP contribution in [-0.2, 0) is 16.1 Å². The number of nitriles is 1. The molecule has 0 fully saturated rings. The van der Waals surface area contributed by atoms with Gasteiger partial charge in [-0.1, -0.05) is 60.7 Å². The lowest BCUT2D eigenvalue weighted by atomic mass is 10.0. The van der Waals surface area contributed by atoms with Crippen LogP contribution in [0.5, 0.6) is 0 Å². The van der Waals surface area contributed by atoms with Gasteiger partial charge in [-0.2, -0.15) is 5.26 Å². The number of rotatable bonds is 7. The van der Waals surface area contributed by atoms with E-state index in [0.717, 1.165) is 26.9 Å². The van der Waals surface area contributed by atoms with Gasteiger partial charge in [0.2, 0.25) is 0 Å². The van der Waals surface area contributed by atoms with Crippen molar-refractivity contribution in [3.63, 3.8) is 0 Å². The van der Waals surface area contributed by atoms with E-state index in [1.807, 2.05) is 62.5 Å². The number of carbonyl (C=O) groups is 2. The van der Waals surface area contributed by atoms with Gasteiger partial charge in [0.15, 0.2) is 0 Å². The highest BCUT2D eigenvalue weighted by atomic mass is 32.1. The largest absolute Gasteiger partial charge is 0.462 e. The topological polar surface area (TPSA) is 84.1 Å². The van der Waals surface area contributed by atoms with Gasteiger partial charge in [-0.25, -0.2) is 4.79 Å². The summed E-state index contributed by atoms with van der Waals surface area (Å²) in [5.41, 5.74) is 3.98. The van der Waals surface area contributed by atoms with E-state index in [-0.39, 0.29) is 12.2 Å². The number of nitrogens with one attached hydrogen (secondary N) is 1. The number of fused-ring (bicyclic) bond motifs is 2. The van der Waals surface area contributed by atoms with Crippen molar-refractivity contribution >= 4 is 56.0 Å². The predicted octanol–water partition coefficient (Wildman–Crippen LogP) is 7.24. The maximum absolute atomic E-state index is 13.2. The summed E-state index contributed by atoms with van der Waals surface area (Å²) in [6, 6.07) is 24.5. The zero-order valence-electron chi connectivity index (χ0n) is 21.9. The number of esters is 1. The smallest absolute Gasteiger partial charge is 0.341 e. The first-order valence-corrected chi connectivity index (χ1v) is 13.5. The molecule has 5 rings (SSSR count). The van der Waals surface area contributed by atoms with Crippen LogP contribution < -0.4 is 5.32 Å². The zero-order valence-corrected chi connectivity index (χ0v) is 22.8. The normalized spacial score (nSPS) is 11.5. The highest BCUT2D eigenvalue weighted by Gasteiger charge is 2.23. The molecule has 0 saturated heterocycles. The van der Waals surface area contributed by atoms with Crippen LogP contribution in [0, 0.1) is 25.2 Å². The number of thiophene rings is 1. The second-order valence-corrected chi connectivity index (χ2v) is 10.4. The van der Waals surface area contributed by atoms with Gasteiger partial charge >= 0.3 is 5.97 Å². The van der Waals surface area contributed by atoms with Gasteiger partial charge in [-0.3, -0.25) is 4.79 Å². The van der Waals surface area contributed by atoms with E-state index in [9.17, 15) is 14.9 Å². The fraction of sp³-hybridized carbons (Fsp3) is 0.156. The maximum atomic E-state index is 13.2. The van der Waals surface area contributed by atoms with Gasteiger partial charge in [0.25, 0.3) is 5.91 Å². The number of benzene rings is 3. The van der Waals surface area contributed by atoms with Crippen molar-refractivity contribution in [2.75, 3.05) is 11.9 Å². The van der Waals surface area contributed by atoms with Crippen molar-refractivity contribution in [2.45, 2.75) is 27.3 Å². The summed E-state index contributed by atoms with van der Waals surface area (Å²) in [6.45, 7) is 6.30. The molecule has 39 heavy (non-hydrogen) atoms. The van der Waals surface area contributed by atoms with Crippen molar-refractivity contribution in [3.05, 3.63) is 106 Å². The SMILES string of the molecule is CCOC(=O)c1c(NC(=O)C(C#N)=Cc2cn(Cc3cccc4ccccc34)c3ccccc23)sc(C)c1C. The summed E-state index contributed by atoms with van der Waals surface area (Å²) in [7, 11) is 0. The Balaban J connectivity index is 1.50. The van der Waals surface area contributed by atoms with Crippen LogP contribution in [0.1, 0.15) is 38.8 Å². The summed E-state index contributed by atoms with van der Waals surface area (Å²) in [5, 5.41) is 16.4. The summed E-state index contributed by atoms with van der Waals surface area (Å²) in [5.74, 6) is -1.07. The Labute approximate surface area is 230 Å². The van der Waals surface area contributed by atoms with Crippen LogP contribution in [0.2, 0.25) is 0 Å². The third kappa shape index (κ3) is 5.07.